The maximum Gasteiger partial charge on any atom is 0.416 e. The Morgan fingerprint density at radius 3 is 2.03 bits per heavy atom. The molecule has 0 saturated carbocycles. The van der Waals surface area contributed by atoms with Crippen LogP contribution in [0.25, 0.3) is 11.4 Å². The van der Waals surface area contributed by atoms with E-state index in [4.69, 9.17) is 0 Å². The number of amides is 1. The number of halogens is 6. The molecule has 0 aliphatic heterocycles. The van der Waals surface area contributed by atoms with Crippen molar-refractivity contribution in [2.24, 2.45) is 0 Å². The highest BCUT2D eigenvalue weighted by molar-refractivity contribution is 7.88. The molecule has 160 valence electrons. The standard InChI is InChI=1S/C13H12F6N6O3S/c1-6(11(26)21-24-29(2,27)28)25-22-10(20-23-25)7-3-8(12(14,15)16)5-9(4-7)13(17,18)19/h3-6,24H,1-2H3,(H,21,26). The highest BCUT2D eigenvalue weighted by Gasteiger charge is 2.37. The average Bonchev–Trinajstić information content (AvgIpc) is 3.06. The van der Waals surface area contributed by atoms with Crippen molar-refractivity contribution < 1.29 is 39.6 Å². The zero-order valence-corrected chi connectivity index (χ0v) is 15.3. The molecule has 1 aromatic carbocycles. The van der Waals surface area contributed by atoms with Gasteiger partial charge in [-0.15, -0.1) is 15.0 Å². The quantitative estimate of drug-likeness (QED) is 0.531. The Labute approximate surface area is 159 Å². The van der Waals surface area contributed by atoms with Gasteiger partial charge in [0.15, 0.2) is 6.04 Å². The Balaban J connectivity index is 2.37. The first-order valence-corrected chi connectivity index (χ1v) is 9.33. The number of hydrogen-bond acceptors (Lipinski definition) is 6. The molecule has 9 nitrogen and oxygen atoms in total. The number of hydrazine groups is 1. The van der Waals surface area contributed by atoms with Crippen LogP contribution < -0.4 is 10.3 Å². The van der Waals surface area contributed by atoms with Crippen molar-refractivity contribution in [1.82, 2.24) is 30.5 Å². The summed E-state index contributed by atoms with van der Waals surface area (Å²) < 4.78 is 99.5. The summed E-state index contributed by atoms with van der Waals surface area (Å²) in [5.74, 6) is -1.56. The van der Waals surface area contributed by atoms with Crippen molar-refractivity contribution in [3.8, 4) is 11.4 Å². The van der Waals surface area contributed by atoms with Crippen LogP contribution in [0.5, 0.6) is 0 Å². The van der Waals surface area contributed by atoms with Gasteiger partial charge in [-0.25, -0.2) is 8.42 Å². The number of carbonyl (C=O) groups is 1. The SMILES string of the molecule is CC(C(=O)NNS(C)(=O)=O)n1nnc(-c2cc(C(F)(F)F)cc(C(F)(F)F)c2)n1. The number of nitrogens with one attached hydrogen (secondary N) is 2. The molecule has 0 fully saturated rings. The molecule has 0 aliphatic carbocycles. The normalized spacial score (nSPS) is 13.9. The number of rotatable bonds is 5. The van der Waals surface area contributed by atoms with Crippen LogP contribution in [0.4, 0.5) is 26.3 Å². The minimum absolute atomic E-state index is 0.0547. The second-order valence-corrected chi connectivity index (χ2v) is 7.52. The van der Waals surface area contributed by atoms with E-state index in [1.54, 1.807) is 4.83 Å². The van der Waals surface area contributed by atoms with Gasteiger partial charge in [0, 0.05) is 5.56 Å². The summed E-state index contributed by atoms with van der Waals surface area (Å²) in [6.07, 6.45) is -9.36. The van der Waals surface area contributed by atoms with Crippen LogP contribution in [0.15, 0.2) is 18.2 Å². The molecule has 2 N–H and O–H groups in total. The second kappa shape index (κ2) is 7.58. The third-order valence-electron chi connectivity index (χ3n) is 3.36. The largest absolute Gasteiger partial charge is 0.416 e. The average molecular weight is 446 g/mol. The van der Waals surface area contributed by atoms with Crippen LogP contribution in [0.1, 0.15) is 24.1 Å². The molecular formula is C13H12F6N6O3S. The van der Waals surface area contributed by atoms with Crippen molar-refractivity contribution in [2.45, 2.75) is 25.3 Å². The van der Waals surface area contributed by atoms with Crippen LogP contribution in [0.3, 0.4) is 0 Å². The predicted molar refractivity (Wildman–Crippen MR) is 84.1 cm³/mol. The highest BCUT2D eigenvalue weighted by atomic mass is 32.2. The van der Waals surface area contributed by atoms with E-state index in [-0.39, 0.29) is 6.07 Å². The Kier molecular flexibility index (Phi) is 5.89. The molecule has 0 spiro atoms. The fourth-order valence-electron chi connectivity index (χ4n) is 1.94. The molecule has 29 heavy (non-hydrogen) atoms. The number of hydrogen-bond donors (Lipinski definition) is 2. The fraction of sp³-hybridized carbons (Fsp3) is 0.385. The Morgan fingerprint density at radius 1 is 1.07 bits per heavy atom. The molecular weight excluding hydrogens is 434 g/mol. The maximum absolute atomic E-state index is 12.9. The number of benzene rings is 1. The number of alkyl halides is 6. The van der Waals surface area contributed by atoms with Crippen molar-refractivity contribution in [1.29, 1.82) is 0 Å². The minimum Gasteiger partial charge on any atom is -0.276 e. The van der Waals surface area contributed by atoms with Crippen molar-refractivity contribution in [2.75, 3.05) is 6.26 Å². The number of aromatic nitrogens is 4. The van der Waals surface area contributed by atoms with Crippen molar-refractivity contribution >= 4 is 15.9 Å². The summed E-state index contributed by atoms with van der Waals surface area (Å²) in [4.78, 5) is 14.1. The molecule has 16 heteroatoms. The summed E-state index contributed by atoms with van der Waals surface area (Å²) in [5.41, 5.74) is -1.94. The van der Waals surface area contributed by atoms with Gasteiger partial charge in [-0.05, 0) is 30.3 Å². The lowest BCUT2D eigenvalue weighted by Crippen LogP contribution is -2.44. The smallest absolute Gasteiger partial charge is 0.276 e. The molecule has 2 rings (SSSR count). The lowest BCUT2D eigenvalue weighted by molar-refractivity contribution is -0.143. The van der Waals surface area contributed by atoms with Crippen LogP contribution in [0, 0.1) is 0 Å². The molecule has 1 amide bonds. The van der Waals surface area contributed by atoms with Gasteiger partial charge in [0.2, 0.25) is 15.8 Å². The van der Waals surface area contributed by atoms with Crippen LogP contribution >= 0.6 is 0 Å². The summed E-state index contributed by atoms with van der Waals surface area (Å²) in [7, 11) is -3.77. The Bertz CT molecular complexity index is 985. The van der Waals surface area contributed by atoms with Gasteiger partial charge in [0.05, 0.1) is 17.4 Å². The number of nitrogens with zero attached hydrogens (tertiary/aromatic N) is 4. The van der Waals surface area contributed by atoms with Crippen LogP contribution in [0.2, 0.25) is 0 Å². The third kappa shape index (κ3) is 5.86. The zero-order valence-electron chi connectivity index (χ0n) is 14.5. The molecule has 1 unspecified atom stereocenters. The van der Waals surface area contributed by atoms with Gasteiger partial charge in [0.25, 0.3) is 5.91 Å². The van der Waals surface area contributed by atoms with E-state index in [0.717, 1.165) is 6.26 Å². The van der Waals surface area contributed by atoms with Gasteiger partial charge in [0.1, 0.15) is 0 Å². The first-order chi connectivity index (χ1) is 13.1. The fourth-order valence-corrected chi connectivity index (χ4v) is 2.23. The number of carbonyl (C=O) groups excluding carboxylic acids is 1. The molecule has 0 aliphatic rings. The number of tetrazole rings is 1. The summed E-state index contributed by atoms with van der Waals surface area (Å²) in [6.45, 7) is 1.19. The van der Waals surface area contributed by atoms with E-state index in [9.17, 15) is 39.6 Å². The Morgan fingerprint density at radius 2 is 1.59 bits per heavy atom. The van der Waals surface area contributed by atoms with Gasteiger partial charge >= 0.3 is 12.4 Å². The second-order valence-electron chi connectivity index (χ2n) is 5.77. The van der Waals surface area contributed by atoms with E-state index in [0.29, 0.717) is 16.9 Å². The van der Waals surface area contributed by atoms with E-state index >= 15 is 0 Å². The van der Waals surface area contributed by atoms with Crippen LogP contribution in [-0.2, 0) is 27.2 Å². The topological polar surface area (TPSA) is 119 Å². The predicted octanol–water partition coefficient (Wildman–Crippen LogP) is 1.52. The molecule has 2 aromatic rings. The molecule has 0 radical (unpaired) electrons. The Hall–Kier alpha value is -2.75. The lowest BCUT2D eigenvalue weighted by Gasteiger charge is -2.13. The summed E-state index contributed by atoms with van der Waals surface area (Å²) in [5, 5.41) is 10.4. The van der Waals surface area contributed by atoms with Gasteiger partial charge in [-0.2, -0.15) is 31.1 Å². The molecule has 1 heterocycles. The van der Waals surface area contributed by atoms with E-state index in [1.165, 1.54) is 6.92 Å². The minimum atomic E-state index is -5.06. The van der Waals surface area contributed by atoms with E-state index < -0.39 is 56.8 Å². The van der Waals surface area contributed by atoms with E-state index in [1.807, 2.05) is 5.43 Å². The molecule has 1 atom stereocenters. The van der Waals surface area contributed by atoms with Crippen molar-refractivity contribution in [3.05, 3.63) is 29.3 Å². The van der Waals surface area contributed by atoms with Gasteiger partial charge in [-0.3, -0.25) is 10.2 Å². The maximum atomic E-state index is 12.9. The number of sulfonamides is 1. The molecule has 0 bridgehead atoms. The monoisotopic (exact) mass is 446 g/mol. The zero-order chi connectivity index (χ0) is 22.2. The van der Waals surface area contributed by atoms with Gasteiger partial charge < -0.3 is 0 Å². The van der Waals surface area contributed by atoms with Crippen molar-refractivity contribution in [3.63, 3.8) is 0 Å². The first kappa shape index (κ1) is 22.5. The molecule has 0 saturated heterocycles. The lowest BCUT2D eigenvalue weighted by atomic mass is 10.0. The van der Waals surface area contributed by atoms with Gasteiger partial charge in [-0.1, -0.05) is 0 Å². The van der Waals surface area contributed by atoms with Crippen LogP contribution in [-0.4, -0.2) is 40.8 Å². The van der Waals surface area contributed by atoms with E-state index in [2.05, 4.69) is 15.4 Å². The third-order valence-corrected chi connectivity index (χ3v) is 3.83. The first-order valence-electron chi connectivity index (χ1n) is 7.44. The molecule has 1 aromatic heterocycles. The summed E-state index contributed by atoms with van der Waals surface area (Å²) in [6, 6.07) is -0.529. The highest BCUT2D eigenvalue weighted by Crippen LogP contribution is 2.37. The summed E-state index contributed by atoms with van der Waals surface area (Å²) >= 11 is 0.